The Morgan fingerprint density at radius 1 is 1.26 bits per heavy atom. The Labute approximate surface area is 114 Å². The molecule has 1 fully saturated rings. The molecule has 0 radical (unpaired) electrons. The second-order valence-electron chi connectivity index (χ2n) is 4.89. The fraction of sp³-hybridized carbons (Fsp3) is 0.533. The van der Waals surface area contributed by atoms with Gasteiger partial charge in [-0.05, 0) is 31.4 Å². The summed E-state index contributed by atoms with van der Waals surface area (Å²) in [5.74, 6) is 0.175. The van der Waals surface area contributed by atoms with E-state index in [2.05, 4.69) is 17.4 Å². The number of esters is 1. The van der Waals surface area contributed by atoms with E-state index in [-0.39, 0.29) is 12.0 Å². The van der Waals surface area contributed by atoms with Crippen molar-refractivity contribution in [2.75, 3.05) is 26.9 Å². The summed E-state index contributed by atoms with van der Waals surface area (Å²) in [6, 6.07) is 9.99. The topological polar surface area (TPSA) is 47.6 Å². The van der Waals surface area contributed by atoms with Crippen LogP contribution in [0, 0.1) is 5.92 Å². The third-order valence-corrected chi connectivity index (χ3v) is 3.41. The third-order valence-electron chi connectivity index (χ3n) is 3.41. The summed E-state index contributed by atoms with van der Waals surface area (Å²) < 4.78 is 10.9. The van der Waals surface area contributed by atoms with Crippen molar-refractivity contribution in [2.24, 2.45) is 5.92 Å². The number of hydrogen-bond acceptors (Lipinski definition) is 4. The smallest absolute Gasteiger partial charge is 0.325 e. The van der Waals surface area contributed by atoms with Gasteiger partial charge in [-0.3, -0.25) is 4.79 Å². The van der Waals surface area contributed by atoms with Gasteiger partial charge in [0.15, 0.2) is 0 Å². The van der Waals surface area contributed by atoms with E-state index in [1.807, 2.05) is 18.2 Å². The molecular formula is C15H21NO3. The van der Waals surface area contributed by atoms with Crippen molar-refractivity contribution in [1.82, 2.24) is 5.32 Å². The van der Waals surface area contributed by atoms with Crippen LogP contribution < -0.4 is 5.32 Å². The summed E-state index contributed by atoms with van der Waals surface area (Å²) in [4.78, 5) is 11.7. The fourth-order valence-electron chi connectivity index (χ4n) is 2.24. The zero-order valence-electron chi connectivity index (χ0n) is 11.3. The molecule has 0 bridgehead atoms. The molecule has 1 aromatic rings. The van der Waals surface area contributed by atoms with Crippen LogP contribution >= 0.6 is 0 Å². The van der Waals surface area contributed by atoms with Crippen molar-refractivity contribution in [1.29, 1.82) is 0 Å². The first-order valence-corrected chi connectivity index (χ1v) is 6.75. The molecule has 1 aliphatic heterocycles. The molecule has 0 aliphatic carbocycles. The maximum Gasteiger partial charge on any atom is 0.325 e. The number of carbonyl (C=O) groups is 1. The Bertz CT molecular complexity index is 394. The van der Waals surface area contributed by atoms with E-state index >= 15 is 0 Å². The van der Waals surface area contributed by atoms with Gasteiger partial charge >= 0.3 is 5.97 Å². The van der Waals surface area contributed by atoms with Crippen molar-refractivity contribution in [3.8, 4) is 0 Å². The molecule has 4 nitrogen and oxygen atoms in total. The monoisotopic (exact) mass is 263 g/mol. The lowest BCUT2D eigenvalue weighted by Crippen LogP contribution is -2.39. The van der Waals surface area contributed by atoms with E-state index in [0.717, 1.165) is 12.8 Å². The first kappa shape index (κ1) is 14.0. The summed E-state index contributed by atoms with van der Waals surface area (Å²) in [6.45, 7) is 1.52. The molecule has 104 valence electrons. The minimum absolute atomic E-state index is 0.220. The highest BCUT2D eigenvalue weighted by Crippen LogP contribution is 2.15. The normalized spacial score (nSPS) is 25.0. The van der Waals surface area contributed by atoms with Gasteiger partial charge in [-0.2, -0.15) is 0 Å². The van der Waals surface area contributed by atoms with E-state index in [4.69, 9.17) is 9.47 Å². The summed E-state index contributed by atoms with van der Waals surface area (Å²) >= 11 is 0. The second-order valence-corrected chi connectivity index (χ2v) is 4.89. The second kappa shape index (κ2) is 7.26. The van der Waals surface area contributed by atoms with Gasteiger partial charge in [-0.15, -0.1) is 0 Å². The molecule has 1 aromatic carbocycles. The lowest BCUT2D eigenvalue weighted by Gasteiger charge is -2.15. The summed E-state index contributed by atoms with van der Waals surface area (Å²) in [7, 11) is 1.74. The average molecular weight is 263 g/mol. The Hall–Kier alpha value is -1.39. The standard InChI is InChI=1S/C15H21NO3/c1-16-14-11-18-10-13(7-8-19-15(14)17)9-12-5-3-2-4-6-12/h2-6,13-14,16H,7-11H2,1H3/t13?,14-/m0/s1. The van der Waals surface area contributed by atoms with Gasteiger partial charge in [0.25, 0.3) is 0 Å². The van der Waals surface area contributed by atoms with Crippen LogP contribution in [0.3, 0.4) is 0 Å². The van der Waals surface area contributed by atoms with Gasteiger partial charge in [0.2, 0.25) is 0 Å². The number of likely N-dealkylation sites (N-methyl/N-ethyl adjacent to an activating group) is 1. The van der Waals surface area contributed by atoms with Gasteiger partial charge in [0.05, 0.1) is 13.2 Å². The van der Waals surface area contributed by atoms with Crippen LogP contribution in [0.15, 0.2) is 30.3 Å². The number of ether oxygens (including phenoxy) is 2. The van der Waals surface area contributed by atoms with Crippen molar-refractivity contribution in [3.63, 3.8) is 0 Å². The molecular weight excluding hydrogens is 242 g/mol. The predicted molar refractivity (Wildman–Crippen MR) is 72.9 cm³/mol. The number of carbonyl (C=O) groups excluding carboxylic acids is 1. The van der Waals surface area contributed by atoms with E-state index in [9.17, 15) is 4.79 Å². The van der Waals surface area contributed by atoms with E-state index in [0.29, 0.717) is 25.7 Å². The zero-order valence-corrected chi connectivity index (χ0v) is 11.3. The van der Waals surface area contributed by atoms with Crippen molar-refractivity contribution in [3.05, 3.63) is 35.9 Å². The molecule has 1 aliphatic rings. The molecule has 4 heteroatoms. The summed E-state index contributed by atoms with van der Waals surface area (Å²) in [5, 5.41) is 2.91. The predicted octanol–water partition coefficient (Wildman–Crippen LogP) is 1.40. The molecule has 1 N–H and O–H groups in total. The Morgan fingerprint density at radius 3 is 2.79 bits per heavy atom. The highest BCUT2D eigenvalue weighted by molar-refractivity contribution is 5.75. The molecule has 2 atom stereocenters. The highest BCUT2D eigenvalue weighted by Gasteiger charge is 2.22. The van der Waals surface area contributed by atoms with Crippen molar-refractivity contribution in [2.45, 2.75) is 18.9 Å². The molecule has 0 saturated carbocycles. The minimum Gasteiger partial charge on any atom is -0.464 e. The highest BCUT2D eigenvalue weighted by atomic mass is 16.5. The minimum atomic E-state index is -0.351. The lowest BCUT2D eigenvalue weighted by atomic mass is 9.97. The van der Waals surface area contributed by atoms with Crippen molar-refractivity contribution < 1.29 is 14.3 Å². The first-order chi connectivity index (χ1) is 9.29. The molecule has 0 amide bonds. The van der Waals surface area contributed by atoms with Crippen molar-refractivity contribution >= 4 is 5.97 Å². The Balaban J connectivity index is 1.91. The van der Waals surface area contributed by atoms with Crippen LogP contribution in [0.2, 0.25) is 0 Å². The van der Waals surface area contributed by atoms with Gasteiger partial charge in [0, 0.05) is 6.61 Å². The lowest BCUT2D eigenvalue weighted by molar-refractivity contribution is -0.146. The van der Waals surface area contributed by atoms with Crippen LogP contribution in [0.5, 0.6) is 0 Å². The van der Waals surface area contributed by atoms with Crippen LogP contribution in [0.1, 0.15) is 12.0 Å². The van der Waals surface area contributed by atoms with E-state index in [1.165, 1.54) is 5.56 Å². The van der Waals surface area contributed by atoms with Crippen LogP contribution in [-0.4, -0.2) is 38.9 Å². The molecule has 0 spiro atoms. The molecule has 2 rings (SSSR count). The zero-order chi connectivity index (χ0) is 13.5. The molecule has 1 heterocycles. The van der Waals surface area contributed by atoms with Crippen LogP contribution in [0.4, 0.5) is 0 Å². The average Bonchev–Trinajstić information content (AvgIpc) is 2.51. The van der Waals surface area contributed by atoms with Crippen LogP contribution in [0.25, 0.3) is 0 Å². The first-order valence-electron chi connectivity index (χ1n) is 6.75. The molecule has 0 aromatic heterocycles. The Kier molecular flexibility index (Phi) is 5.36. The molecule has 19 heavy (non-hydrogen) atoms. The third kappa shape index (κ3) is 4.33. The van der Waals surface area contributed by atoms with E-state index < -0.39 is 0 Å². The number of nitrogens with one attached hydrogen (secondary N) is 1. The van der Waals surface area contributed by atoms with Gasteiger partial charge in [-0.25, -0.2) is 0 Å². The summed E-state index contributed by atoms with van der Waals surface area (Å²) in [5.41, 5.74) is 1.30. The largest absolute Gasteiger partial charge is 0.464 e. The Morgan fingerprint density at radius 2 is 2.05 bits per heavy atom. The van der Waals surface area contributed by atoms with Gasteiger partial charge < -0.3 is 14.8 Å². The summed E-state index contributed by atoms with van der Waals surface area (Å²) in [6.07, 6.45) is 1.81. The number of benzene rings is 1. The number of hydrogen-bond donors (Lipinski definition) is 1. The maximum atomic E-state index is 11.7. The quantitative estimate of drug-likeness (QED) is 0.837. The van der Waals surface area contributed by atoms with Gasteiger partial charge in [-0.1, -0.05) is 30.3 Å². The SMILES string of the molecule is CN[C@H]1COCC(Cc2ccccc2)CCOC1=O. The van der Waals surface area contributed by atoms with Crippen LogP contribution in [-0.2, 0) is 20.7 Å². The van der Waals surface area contributed by atoms with E-state index in [1.54, 1.807) is 7.05 Å². The number of cyclic esters (lactones) is 1. The molecule has 1 unspecified atom stereocenters. The maximum absolute atomic E-state index is 11.7. The number of rotatable bonds is 3. The molecule has 1 saturated heterocycles. The fourth-order valence-corrected chi connectivity index (χ4v) is 2.24. The van der Waals surface area contributed by atoms with Gasteiger partial charge in [0.1, 0.15) is 6.04 Å².